The number of amides is 1. The predicted molar refractivity (Wildman–Crippen MR) is 77.9 cm³/mol. The van der Waals surface area contributed by atoms with Crippen LogP contribution in [0.1, 0.15) is 19.8 Å². The van der Waals surface area contributed by atoms with Crippen LogP contribution < -0.4 is 5.32 Å². The highest BCUT2D eigenvalue weighted by Crippen LogP contribution is 2.27. The first-order valence-corrected chi connectivity index (χ1v) is 9.71. The normalized spacial score (nSPS) is 24.5. The van der Waals surface area contributed by atoms with Crippen LogP contribution in [0, 0.1) is 5.92 Å². The molecule has 2 aliphatic rings. The summed E-state index contributed by atoms with van der Waals surface area (Å²) >= 11 is 1.61. The van der Waals surface area contributed by atoms with Crippen molar-refractivity contribution in [1.82, 2.24) is 10.2 Å². The number of nitrogens with one attached hydrogen (secondary N) is 1. The highest BCUT2D eigenvalue weighted by molar-refractivity contribution is 8.01. The van der Waals surface area contributed by atoms with Crippen molar-refractivity contribution in [2.75, 3.05) is 36.9 Å². The molecule has 110 valence electrons. The molecule has 1 aliphatic carbocycles. The fourth-order valence-corrected chi connectivity index (χ4v) is 5.15. The minimum Gasteiger partial charge on any atom is -0.323 e. The fourth-order valence-electron chi connectivity index (χ4n) is 2.16. The van der Waals surface area contributed by atoms with E-state index in [0.717, 1.165) is 18.2 Å². The summed E-state index contributed by atoms with van der Waals surface area (Å²) in [5.74, 6) is 2.06. The highest BCUT2D eigenvalue weighted by atomic mass is 32.2. The van der Waals surface area contributed by atoms with E-state index in [2.05, 4.69) is 5.32 Å². The number of thioether (sulfide) groups is 1. The van der Waals surface area contributed by atoms with Crippen LogP contribution in [0.2, 0.25) is 0 Å². The molecule has 2 rings (SSSR count). The van der Waals surface area contributed by atoms with Gasteiger partial charge in [0.1, 0.15) is 5.37 Å². The second-order valence-electron chi connectivity index (χ2n) is 5.14. The second-order valence-corrected chi connectivity index (χ2v) is 8.74. The van der Waals surface area contributed by atoms with E-state index in [9.17, 15) is 13.2 Å². The summed E-state index contributed by atoms with van der Waals surface area (Å²) < 4.78 is 24.1. The van der Waals surface area contributed by atoms with Crippen LogP contribution in [0.15, 0.2) is 0 Å². The summed E-state index contributed by atoms with van der Waals surface area (Å²) in [6.07, 6.45) is 2.49. The van der Waals surface area contributed by atoms with Crippen LogP contribution in [0.3, 0.4) is 0 Å². The molecule has 0 aromatic heterocycles. The van der Waals surface area contributed by atoms with Gasteiger partial charge in [0.25, 0.3) is 0 Å². The number of hydrogen-bond acceptors (Lipinski definition) is 5. The van der Waals surface area contributed by atoms with E-state index in [4.69, 9.17) is 0 Å². The number of hydrogen-bond donors (Lipinski definition) is 1. The first-order chi connectivity index (χ1) is 9.04. The summed E-state index contributed by atoms with van der Waals surface area (Å²) in [6, 6.07) is 0. The van der Waals surface area contributed by atoms with Gasteiger partial charge in [-0.1, -0.05) is 6.92 Å². The van der Waals surface area contributed by atoms with E-state index in [1.54, 1.807) is 23.6 Å². The maximum atomic E-state index is 12.2. The van der Waals surface area contributed by atoms with Gasteiger partial charge in [-0.2, -0.15) is 11.8 Å². The lowest BCUT2D eigenvalue weighted by Gasteiger charge is -2.34. The third-order valence-corrected chi connectivity index (χ3v) is 6.92. The summed E-state index contributed by atoms with van der Waals surface area (Å²) in [5, 5.41) is 2.51. The lowest BCUT2D eigenvalue weighted by Crippen LogP contribution is -2.53. The molecule has 1 unspecified atom stereocenters. The Hall–Kier alpha value is -0.270. The van der Waals surface area contributed by atoms with E-state index >= 15 is 0 Å². The maximum Gasteiger partial charge on any atom is 0.237 e. The Morgan fingerprint density at radius 2 is 2.16 bits per heavy atom. The molecule has 0 aromatic rings. The third kappa shape index (κ3) is 4.10. The van der Waals surface area contributed by atoms with Crippen molar-refractivity contribution in [3.05, 3.63) is 0 Å². The molecule has 1 saturated heterocycles. The molecule has 1 amide bonds. The van der Waals surface area contributed by atoms with Gasteiger partial charge in [0, 0.05) is 23.8 Å². The Bertz CT molecular complexity index is 421. The van der Waals surface area contributed by atoms with E-state index in [1.165, 1.54) is 12.8 Å². The van der Waals surface area contributed by atoms with Gasteiger partial charge in [-0.05, 0) is 25.3 Å². The summed E-state index contributed by atoms with van der Waals surface area (Å²) in [5.41, 5.74) is 0. The first-order valence-electron chi connectivity index (χ1n) is 6.84. The summed E-state index contributed by atoms with van der Waals surface area (Å²) in [4.78, 5) is 13.7. The molecule has 19 heavy (non-hydrogen) atoms. The molecule has 5 nitrogen and oxygen atoms in total. The van der Waals surface area contributed by atoms with E-state index in [1.807, 2.05) is 0 Å². The van der Waals surface area contributed by atoms with Crippen LogP contribution in [0.4, 0.5) is 0 Å². The molecular weight excluding hydrogens is 284 g/mol. The molecule has 0 radical (unpaired) electrons. The highest BCUT2D eigenvalue weighted by Gasteiger charge is 2.35. The molecular formula is C12H22N2O3S2. The van der Waals surface area contributed by atoms with Gasteiger partial charge in [0.2, 0.25) is 5.91 Å². The smallest absolute Gasteiger partial charge is 0.237 e. The van der Waals surface area contributed by atoms with Crippen molar-refractivity contribution in [2.24, 2.45) is 5.92 Å². The van der Waals surface area contributed by atoms with Crippen LogP contribution in [-0.2, 0) is 14.6 Å². The van der Waals surface area contributed by atoms with E-state index < -0.39 is 15.2 Å². The average molecular weight is 306 g/mol. The van der Waals surface area contributed by atoms with Gasteiger partial charge >= 0.3 is 0 Å². The standard InChI is InChI=1S/C12H22N2O3S2/c1-2-19(16,17)12-9-18-6-5-14(12)11(15)8-13-7-10-3-4-10/h10,12-13H,2-9H2,1H3. The van der Waals surface area contributed by atoms with Crippen molar-refractivity contribution in [1.29, 1.82) is 0 Å². The number of nitrogens with zero attached hydrogens (tertiary/aromatic N) is 1. The van der Waals surface area contributed by atoms with Gasteiger partial charge in [0.15, 0.2) is 9.84 Å². The minimum atomic E-state index is -3.19. The van der Waals surface area contributed by atoms with Crippen molar-refractivity contribution >= 4 is 27.5 Å². The Morgan fingerprint density at radius 1 is 1.42 bits per heavy atom. The van der Waals surface area contributed by atoms with E-state index in [-0.39, 0.29) is 18.2 Å². The average Bonchev–Trinajstić information content (AvgIpc) is 3.23. The summed E-state index contributed by atoms with van der Waals surface area (Å²) in [7, 11) is -3.19. The largest absolute Gasteiger partial charge is 0.323 e. The Kier molecular flexibility index (Phi) is 5.14. The lowest BCUT2D eigenvalue weighted by molar-refractivity contribution is -0.130. The molecule has 0 spiro atoms. The number of sulfone groups is 1. The van der Waals surface area contributed by atoms with Gasteiger partial charge in [0.05, 0.1) is 6.54 Å². The zero-order chi connectivity index (χ0) is 13.9. The van der Waals surface area contributed by atoms with Gasteiger partial charge < -0.3 is 10.2 Å². The Balaban J connectivity index is 1.91. The Labute approximate surface area is 119 Å². The molecule has 1 saturated carbocycles. The molecule has 1 atom stereocenters. The minimum absolute atomic E-state index is 0.0806. The summed E-state index contributed by atoms with van der Waals surface area (Å²) in [6.45, 7) is 3.32. The van der Waals surface area contributed by atoms with E-state index in [0.29, 0.717) is 12.3 Å². The topological polar surface area (TPSA) is 66.5 Å². The van der Waals surface area contributed by atoms with Crippen LogP contribution >= 0.6 is 11.8 Å². The van der Waals surface area contributed by atoms with Crippen molar-refractivity contribution in [3.8, 4) is 0 Å². The number of rotatable bonds is 6. The molecule has 0 bridgehead atoms. The molecule has 0 aromatic carbocycles. The van der Waals surface area contributed by atoms with Gasteiger partial charge in [-0.15, -0.1) is 0 Å². The molecule has 1 N–H and O–H groups in total. The van der Waals surface area contributed by atoms with Crippen molar-refractivity contribution < 1.29 is 13.2 Å². The molecule has 7 heteroatoms. The number of carbonyl (C=O) groups excluding carboxylic acids is 1. The SMILES string of the molecule is CCS(=O)(=O)C1CSCCN1C(=O)CNCC1CC1. The lowest BCUT2D eigenvalue weighted by atomic mass is 10.4. The molecule has 2 fully saturated rings. The van der Waals surface area contributed by atoms with Gasteiger partial charge in [-0.3, -0.25) is 4.79 Å². The van der Waals surface area contributed by atoms with Crippen LogP contribution in [-0.4, -0.2) is 61.5 Å². The second kappa shape index (κ2) is 6.45. The monoisotopic (exact) mass is 306 g/mol. The molecule has 1 heterocycles. The zero-order valence-corrected chi connectivity index (χ0v) is 12.9. The van der Waals surface area contributed by atoms with Crippen molar-refractivity contribution in [2.45, 2.75) is 25.1 Å². The van der Waals surface area contributed by atoms with Crippen LogP contribution in [0.5, 0.6) is 0 Å². The first kappa shape index (κ1) is 15.1. The zero-order valence-electron chi connectivity index (χ0n) is 11.3. The fraction of sp³-hybridized carbons (Fsp3) is 0.917. The van der Waals surface area contributed by atoms with Crippen LogP contribution in [0.25, 0.3) is 0 Å². The maximum absolute atomic E-state index is 12.2. The van der Waals surface area contributed by atoms with Gasteiger partial charge in [-0.25, -0.2) is 8.42 Å². The Morgan fingerprint density at radius 3 is 2.79 bits per heavy atom. The van der Waals surface area contributed by atoms with Crippen molar-refractivity contribution in [3.63, 3.8) is 0 Å². The third-order valence-electron chi connectivity index (χ3n) is 3.63. The predicted octanol–water partition coefficient (Wildman–Crippen LogP) is 0.322. The number of carbonyl (C=O) groups is 1. The quantitative estimate of drug-likeness (QED) is 0.766. The molecule has 1 aliphatic heterocycles.